The third-order valence-corrected chi connectivity index (χ3v) is 6.91. The number of alkyl halides is 2. The van der Waals surface area contributed by atoms with E-state index < -0.39 is 8.25 Å². The highest BCUT2D eigenvalue weighted by atomic mass is 79.9. The summed E-state index contributed by atoms with van der Waals surface area (Å²) in [6.07, 6.45) is 3.25. The molecule has 0 spiro atoms. The van der Waals surface area contributed by atoms with E-state index in [1.54, 1.807) is 0 Å². The van der Waals surface area contributed by atoms with Crippen LogP contribution in [0.3, 0.4) is 0 Å². The average molecular weight is 408 g/mol. The van der Waals surface area contributed by atoms with E-state index in [4.69, 9.17) is 9.05 Å². The maximum absolute atomic E-state index is 12.1. The zero-order valence-electron chi connectivity index (χ0n) is 11.7. The Balaban J connectivity index is 4.67. The van der Waals surface area contributed by atoms with Gasteiger partial charge in [-0.3, -0.25) is 4.57 Å². The number of hydrogen-bond donors (Lipinski definition) is 0. The topological polar surface area (TPSA) is 35.5 Å². The van der Waals surface area contributed by atoms with E-state index in [1.165, 1.54) is 0 Å². The number of hydrogen-bond acceptors (Lipinski definition) is 3. The molecular formula is C12H25Br2O3P. The first-order valence-corrected chi connectivity index (χ1v) is 9.97. The molecule has 0 fully saturated rings. The molecular weight excluding hydrogens is 383 g/mol. The fraction of sp³-hybridized carbons (Fsp3) is 1.00. The zero-order chi connectivity index (χ0) is 14.2. The van der Waals surface area contributed by atoms with Gasteiger partial charge in [0.15, 0.2) is 0 Å². The van der Waals surface area contributed by atoms with Gasteiger partial charge in [0, 0.05) is 10.7 Å². The zero-order valence-corrected chi connectivity index (χ0v) is 15.9. The standard InChI is InChI=1S/C12H25Br2O3P/c1-5-11(6-2,9-13)16-18(15)17-12(7-3,8-4)10-14/h18H,5-10H2,1-4H3. The smallest absolute Gasteiger partial charge is 0.303 e. The van der Waals surface area contributed by atoms with Crippen LogP contribution in [0.1, 0.15) is 53.4 Å². The largest absolute Gasteiger partial charge is 0.320 e. The van der Waals surface area contributed by atoms with Crippen LogP contribution in [0.5, 0.6) is 0 Å². The summed E-state index contributed by atoms with van der Waals surface area (Å²) in [7, 11) is -2.48. The molecule has 0 atom stereocenters. The first-order valence-electron chi connectivity index (χ1n) is 6.50. The average Bonchev–Trinajstić information content (AvgIpc) is 2.42. The van der Waals surface area contributed by atoms with E-state index in [-0.39, 0.29) is 11.2 Å². The van der Waals surface area contributed by atoms with Crippen molar-refractivity contribution in [1.29, 1.82) is 0 Å². The summed E-state index contributed by atoms with van der Waals surface area (Å²) >= 11 is 6.88. The SMILES string of the molecule is CCC(CC)(CBr)O[PH](=O)OC(CC)(CC)CBr. The van der Waals surface area contributed by atoms with Crippen LogP contribution in [-0.4, -0.2) is 21.9 Å². The van der Waals surface area contributed by atoms with Gasteiger partial charge in [-0.1, -0.05) is 59.6 Å². The Labute approximate surface area is 129 Å². The lowest BCUT2D eigenvalue weighted by Gasteiger charge is -2.33. The molecule has 0 rings (SSSR count). The van der Waals surface area contributed by atoms with Gasteiger partial charge >= 0.3 is 8.25 Å². The van der Waals surface area contributed by atoms with Crippen LogP contribution in [0.25, 0.3) is 0 Å². The van der Waals surface area contributed by atoms with Gasteiger partial charge in [-0.15, -0.1) is 0 Å². The van der Waals surface area contributed by atoms with Gasteiger partial charge in [0.05, 0.1) is 11.2 Å². The molecule has 0 bridgehead atoms. The Morgan fingerprint density at radius 3 is 1.28 bits per heavy atom. The van der Waals surface area contributed by atoms with Crippen molar-refractivity contribution in [1.82, 2.24) is 0 Å². The monoisotopic (exact) mass is 406 g/mol. The predicted molar refractivity (Wildman–Crippen MR) is 85.4 cm³/mol. The van der Waals surface area contributed by atoms with Crippen LogP contribution < -0.4 is 0 Å². The Hall–Kier alpha value is 1.11. The molecule has 0 amide bonds. The molecule has 0 radical (unpaired) electrons. The van der Waals surface area contributed by atoms with Gasteiger partial charge in [0.2, 0.25) is 0 Å². The number of rotatable bonds is 10. The molecule has 0 aliphatic carbocycles. The second-order valence-corrected chi connectivity index (χ2v) is 6.53. The fourth-order valence-corrected chi connectivity index (χ4v) is 5.30. The predicted octanol–water partition coefficient (Wildman–Crippen LogP) is 5.32. The van der Waals surface area contributed by atoms with Gasteiger partial charge in [0.1, 0.15) is 0 Å². The van der Waals surface area contributed by atoms with Gasteiger partial charge in [0.25, 0.3) is 0 Å². The summed E-state index contributed by atoms with van der Waals surface area (Å²) in [6, 6.07) is 0. The minimum Gasteiger partial charge on any atom is -0.303 e. The van der Waals surface area contributed by atoms with Crippen LogP contribution in [0.2, 0.25) is 0 Å². The lowest BCUT2D eigenvalue weighted by molar-refractivity contribution is 0.0262. The molecule has 110 valence electrons. The quantitative estimate of drug-likeness (QED) is 0.363. The Morgan fingerprint density at radius 1 is 0.833 bits per heavy atom. The molecule has 18 heavy (non-hydrogen) atoms. The molecule has 0 aliphatic heterocycles. The van der Waals surface area contributed by atoms with Gasteiger partial charge in [-0.25, -0.2) is 0 Å². The summed E-state index contributed by atoms with van der Waals surface area (Å²) in [4.78, 5) is 0. The van der Waals surface area contributed by atoms with Crippen LogP contribution in [0.15, 0.2) is 0 Å². The van der Waals surface area contributed by atoms with E-state index in [2.05, 4.69) is 31.9 Å². The lowest BCUT2D eigenvalue weighted by atomic mass is 10.0. The molecule has 0 unspecified atom stereocenters. The molecule has 0 aromatic rings. The minimum atomic E-state index is -2.48. The molecule has 0 aromatic heterocycles. The summed E-state index contributed by atoms with van der Waals surface area (Å²) in [6.45, 7) is 8.16. The van der Waals surface area contributed by atoms with Crippen molar-refractivity contribution in [3.63, 3.8) is 0 Å². The lowest BCUT2D eigenvalue weighted by Crippen LogP contribution is -2.34. The number of halogens is 2. The third kappa shape index (κ3) is 5.24. The Kier molecular flexibility index (Phi) is 9.68. The van der Waals surface area contributed by atoms with Crippen LogP contribution in [0, 0.1) is 0 Å². The molecule has 3 nitrogen and oxygen atoms in total. The molecule has 0 saturated heterocycles. The maximum atomic E-state index is 12.1. The highest BCUT2D eigenvalue weighted by Gasteiger charge is 2.33. The Morgan fingerprint density at radius 2 is 1.11 bits per heavy atom. The van der Waals surface area contributed by atoms with Crippen molar-refractivity contribution in [2.45, 2.75) is 64.6 Å². The van der Waals surface area contributed by atoms with Gasteiger partial charge in [-0.2, -0.15) is 0 Å². The first kappa shape index (κ1) is 19.1. The van der Waals surface area contributed by atoms with E-state index in [1.807, 2.05) is 27.7 Å². The van der Waals surface area contributed by atoms with Gasteiger partial charge < -0.3 is 9.05 Å². The summed E-state index contributed by atoms with van der Waals surface area (Å²) in [5, 5.41) is 1.35. The second-order valence-electron chi connectivity index (χ2n) is 4.50. The van der Waals surface area contributed by atoms with Crippen molar-refractivity contribution in [2.24, 2.45) is 0 Å². The molecule has 0 aromatic carbocycles. The van der Waals surface area contributed by atoms with Crippen molar-refractivity contribution in [3.05, 3.63) is 0 Å². The molecule has 6 heteroatoms. The second kappa shape index (κ2) is 9.12. The summed E-state index contributed by atoms with van der Waals surface area (Å²) in [5.41, 5.74) is -0.759. The van der Waals surface area contributed by atoms with Crippen molar-refractivity contribution in [2.75, 3.05) is 10.7 Å². The normalized spacial score (nSPS) is 13.3. The molecule has 0 N–H and O–H groups in total. The van der Waals surface area contributed by atoms with Crippen LogP contribution in [-0.2, 0) is 13.6 Å². The first-order chi connectivity index (χ1) is 8.46. The Bertz CT molecular complexity index is 213. The van der Waals surface area contributed by atoms with E-state index >= 15 is 0 Å². The fourth-order valence-electron chi connectivity index (χ4n) is 1.60. The minimum absolute atomic E-state index is 0.379. The van der Waals surface area contributed by atoms with E-state index in [0.29, 0.717) is 10.7 Å². The van der Waals surface area contributed by atoms with Crippen molar-refractivity contribution in [3.8, 4) is 0 Å². The third-order valence-electron chi connectivity index (χ3n) is 3.66. The van der Waals surface area contributed by atoms with Crippen LogP contribution >= 0.6 is 40.1 Å². The highest BCUT2D eigenvalue weighted by molar-refractivity contribution is 9.09. The van der Waals surface area contributed by atoms with E-state index in [9.17, 15) is 4.57 Å². The molecule has 0 aliphatic rings. The summed E-state index contributed by atoms with van der Waals surface area (Å²) in [5.74, 6) is 0. The molecule has 0 heterocycles. The van der Waals surface area contributed by atoms with E-state index in [0.717, 1.165) is 25.7 Å². The van der Waals surface area contributed by atoms with Crippen molar-refractivity contribution >= 4 is 40.1 Å². The highest BCUT2D eigenvalue weighted by Crippen LogP contribution is 2.42. The van der Waals surface area contributed by atoms with Crippen LogP contribution in [0.4, 0.5) is 0 Å². The van der Waals surface area contributed by atoms with Crippen molar-refractivity contribution < 1.29 is 13.6 Å². The van der Waals surface area contributed by atoms with Gasteiger partial charge in [-0.05, 0) is 25.7 Å². The maximum Gasteiger partial charge on any atom is 0.320 e. The summed E-state index contributed by atoms with van der Waals surface area (Å²) < 4.78 is 23.5. The molecule has 0 saturated carbocycles.